The fraction of sp³-hybridized carbons (Fsp3) is 0.409. The number of halogens is 1. The van der Waals surface area contributed by atoms with E-state index in [0.717, 1.165) is 38.0 Å². The zero-order valence-electron chi connectivity index (χ0n) is 15.7. The number of hydrogen-bond donors (Lipinski definition) is 0. The van der Waals surface area contributed by atoms with Crippen molar-refractivity contribution in [3.63, 3.8) is 0 Å². The van der Waals surface area contributed by atoms with Gasteiger partial charge in [0.05, 0.1) is 0 Å². The minimum atomic E-state index is 0. The number of hydrogen-bond acceptors (Lipinski definition) is 2. The van der Waals surface area contributed by atoms with Crippen LogP contribution in [-0.4, -0.2) is 36.0 Å². The van der Waals surface area contributed by atoms with E-state index < -0.39 is 0 Å². The molecule has 2 aromatic rings. The van der Waals surface area contributed by atoms with E-state index in [1.54, 1.807) is 6.92 Å². The van der Waals surface area contributed by atoms with Gasteiger partial charge in [-0.15, -0.1) is 12.4 Å². The summed E-state index contributed by atoms with van der Waals surface area (Å²) in [5, 5.41) is 0. The molecule has 0 bridgehead atoms. The number of benzene rings is 2. The Balaban J connectivity index is 0.00000243. The van der Waals surface area contributed by atoms with E-state index in [-0.39, 0.29) is 18.3 Å². The summed E-state index contributed by atoms with van der Waals surface area (Å²) in [5.74, 6) is 0.141. The van der Waals surface area contributed by atoms with Crippen molar-refractivity contribution in [1.82, 2.24) is 4.90 Å². The zero-order chi connectivity index (χ0) is 17.6. The highest BCUT2D eigenvalue weighted by molar-refractivity contribution is 5.92. The molecule has 4 heteroatoms. The largest absolute Gasteiger partial charge is 0.310 e. The highest BCUT2D eigenvalue weighted by Gasteiger charge is 2.28. The fourth-order valence-electron chi connectivity index (χ4n) is 3.91. The lowest BCUT2D eigenvalue weighted by Crippen LogP contribution is -2.49. The van der Waals surface area contributed by atoms with Crippen molar-refractivity contribution in [2.24, 2.45) is 0 Å². The third-order valence-electron chi connectivity index (χ3n) is 5.24. The van der Waals surface area contributed by atoms with Crippen molar-refractivity contribution >= 4 is 24.0 Å². The number of nitrogens with zero attached hydrogens (tertiary/aromatic N) is 2. The van der Waals surface area contributed by atoms with Gasteiger partial charge in [-0.25, -0.2) is 0 Å². The first-order chi connectivity index (χ1) is 12.1. The van der Waals surface area contributed by atoms with Crippen LogP contribution in [0.5, 0.6) is 0 Å². The number of likely N-dealkylation sites (tertiary alicyclic amines) is 1. The second-order valence-electron chi connectivity index (χ2n) is 7.03. The summed E-state index contributed by atoms with van der Waals surface area (Å²) in [7, 11) is 0. The Morgan fingerprint density at radius 1 is 1.04 bits per heavy atom. The summed E-state index contributed by atoms with van der Waals surface area (Å²) in [5.41, 5.74) is 2.41. The molecule has 1 fully saturated rings. The maximum Gasteiger partial charge on any atom is 0.224 e. The number of piperidine rings is 1. The summed E-state index contributed by atoms with van der Waals surface area (Å²) in [6.45, 7) is 6.09. The van der Waals surface area contributed by atoms with Crippen LogP contribution in [0.1, 0.15) is 32.3 Å². The van der Waals surface area contributed by atoms with Gasteiger partial charge in [-0.05, 0) is 43.9 Å². The normalized spacial score (nSPS) is 16.5. The first kappa shape index (κ1) is 20.5. The van der Waals surface area contributed by atoms with Gasteiger partial charge < -0.3 is 9.80 Å². The molecular formula is C22H29ClN2O. The van der Waals surface area contributed by atoms with Gasteiger partial charge in [0.15, 0.2) is 0 Å². The van der Waals surface area contributed by atoms with Gasteiger partial charge in [-0.3, -0.25) is 4.79 Å². The van der Waals surface area contributed by atoms with Gasteiger partial charge in [0.1, 0.15) is 0 Å². The molecule has 0 saturated carbocycles. The van der Waals surface area contributed by atoms with E-state index in [2.05, 4.69) is 42.2 Å². The predicted molar refractivity (Wildman–Crippen MR) is 111 cm³/mol. The Morgan fingerprint density at radius 2 is 1.58 bits per heavy atom. The van der Waals surface area contributed by atoms with Crippen LogP contribution in [0.3, 0.4) is 0 Å². The van der Waals surface area contributed by atoms with E-state index in [1.165, 1.54) is 5.56 Å². The van der Waals surface area contributed by atoms with Crippen LogP contribution in [0.2, 0.25) is 0 Å². The van der Waals surface area contributed by atoms with Gasteiger partial charge in [0.25, 0.3) is 0 Å². The molecule has 0 spiro atoms. The highest BCUT2D eigenvalue weighted by atomic mass is 35.5. The van der Waals surface area contributed by atoms with Crippen LogP contribution in [0, 0.1) is 0 Å². The molecule has 3 nitrogen and oxygen atoms in total. The smallest absolute Gasteiger partial charge is 0.224 e. The van der Waals surface area contributed by atoms with Crippen LogP contribution in [0.4, 0.5) is 5.69 Å². The number of rotatable bonds is 5. The number of carbonyl (C=O) groups is 1. The molecular weight excluding hydrogens is 344 g/mol. The maximum atomic E-state index is 12.2. The predicted octanol–water partition coefficient (Wildman–Crippen LogP) is 4.56. The Morgan fingerprint density at radius 3 is 2.12 bits per heavy atom. The summed E-state index contributed by atoms with van der Waals surface area (Å²) in [6.07, 6.45) is 3.15. The zero-order valence-corrected chi connectivity index (χ0v) is 16.5. The van der Waals surface area contributed by atoms with Crippen LogP contribution in [0.15, 0.2) is 60.7 Å². The molecule has 2 aromatic carbocycles. The molecule has 1 unspecified atom stereocenters. The lowest BCUT2D eigenvalue weighted by atomic mass is 9.98. The molecule has 0 aliphatic carbocycles. The standard InChI is InChI=1S/C22H28N2O.ClH/c1-18(17-20-9-5-3-6-10-20)23-15-13-22(14-16-23)24(19(2)25)21-11-7-4-8-12-21;/h3-12,18,22H,13-17H2,1-2H3;1H. The minimum Gasteiger partial charge on any atom is -0.310 e. The molecule has 1 aliphatic heterocycles. The van der Waals surface area contributed by atoms with E-state index in [1.807, 2.05) is 35.2 Å². The fourth-order valence-corrected chi connectivity index (χ4v) is 3.91. The first-order valence-corrected chi connectivity index (χ1v) is 9.28. The lowest BCUT2D eigenvalue weighted by Gasteiger charge is -2.40. The van der Waals surface area contributed by atoms with Gasteiger partial charge in [0, 0.05) is 37.8 Å². The monoisotopic (exact) mass is 372 g/mol. The summed E-state index contributed by atoms with van der Waals surface area (Å²) in [4.78, 5) is 16.8. The number of anilines is 1. The van der Waals surface area contributed by atoms with Crippen LogP contribution in [0.25, 0.3) is 0 Å². The van der Waals surface area contributed by atoms with Gasteiger partial charge in [-0.2, -0.15) is 0 Å². The third-order valence-corrected chi connectivity index (χ3v) is 5.24. The van der Waals surface area contributed by atoms with E-state index in [9.17, 15) is 4.79 Å². The van der Waals surface area contributed by atoms with Crippen LogP contribution < -0.4 is 4.90 Å². The summed E-state index contributed by atoms with van der Waals surface area (Å²) >= 11 is 0. The SMILES string of the molecule is CC(=O)N(c1ccccc1)C1CCN(C(C)Cc2ccccc2)CC1.Cl. The Labute approximate surface area is 163 Å². The Kier molecular flexibility index (Phi) is 7.67. The second-order valence-corrected chi connectivity index (χ2v) is 7.03. The topological polar surface area (TPSA) is 23.6 Å². The van der Waals surface area contributed by atoms with Gasteiger partial charge >= 0.3 is 0 Å². The van der Waals surface area contributed by atoms with Gasteiger partial charge in [0.2, 0.25) is 5.91 Å². The Bertz CT molecular complexity index is 669. The second kappa shape index (κ2) is 9.75. The molecule has 3 rings (SSSR count). The van der Waals surface area contributed by atoms with E-state index in [0.29, 0.717) is 12.1 Å². The average molecular weight is 373 g/mol. The molecule has 0 radical (unpaired) electrons. The van der Waals surface area contributed by atoms with Crippen molar-refractivity contribution in [2.45, 2.75) is 45.2 Å². The number of para-hydroxylation sites is 1. The van der Waals surface area contributed by atoms with Crippen molar-refractivity contribution in [3.8, 4) is 0 Å². The molecule has 0 N–H and O–H groups in total. The molecule has 1 heterocycles. The summed E-state index contributed by atoms with van der Waals surface area (Å²) < 4.78 is 0. The van der Waals surface area contributed by atoms with Crippen molar-refractivity contribution in [3.05, 3.63) is 66.2 Å². The van der Waals surface area contributed by atoms with Crippen LogP contribution in [-0.2, 0) is 11.2 Å². The molecule has 1 amide bonds. The van der Waals surface area contributed by atoms with Crippen molar-refractivity contribution < 1.29 is 4.79 Å². The maximum absolute atomic E-state index is 12.2. The average Bonchev–Trinajstić information content (AvgIpc) is 2.64. The number of carbonyl (C=O) groups excluding carboxylic acids is 1. The molecule has 1 atom stereocenters. The van der Waals surface area contributed by atoms with E-state index >= 15 is 0 Å². The first-order valence-electron chi connectivity index (χ1n) is 9.28. The van der Waals surface area contributed by atoms with E-state index in [4.69, 9.17) is 0 Å². The quantitative estimate of drug-likeness (QED) is 0.768. The third kappa shape index (κ3) is 5.09. The van der Waals surface area contributed by atoms with Crippen molar-refractivity contribution in [2.75, 3.05) is 18.0 Å². The molecule has 1 aliphatic rings. The highest BCUT2D eigenvalue weighted by Crippen LogP contribution is 2.25. The molecule has 0 aromatic heterocycles. The Hall–Kier alpha value is -1.84. The molecule has 26 heavy (non-hydrogen) atoms. The molecule has 140 valence electrons. The minimum absolute atomic E-state index is 0. The lowest BCUT2D eigenvalue weighted by molar-refractivity contribution is -0.117. The van der Waals surface area contributed by atoms with Crippen LogP contribution >= 0.6 is 12.4 Å². The summed E-state index contributed by atoms with van der Waals surface area (Å²) in [6, 6.07) is 21.6. The van der Waals surface area contributed by atoms with Gasteiger partial charge in [-0.1, -0.05) is 48.5 Å². The number of amides is 1. The molecule has 1 saturated heterocycles. The van der Waals surface area contributed by atoms with Crippen molar-refractivity contribution in [1.29, 1.82) is 0 Å².